The second-order valence-electron chi connectivity index (χ2n) is 11.3. The largest absolute Gasteiger partial charge is 0.369 e. The molecule has 0 bridgehead atoms. The van der Waals surface area contributed by atoms with Crippen molar-refractivity contribution in [2.24, 2.45) is 16.6 Å². The number of aliphatic imine (C=N–C) groups is 1. The molecular weight excluding hydrogens is 462 g/mol. The highest BCUT2D eigenvalue weighted by Gasteiger charge is 2.48. The van der Waals surface area contributed by atoms with Crippen molar-refractivity contribution in [1.82, 2.24) is 15.1 Å². The minimum absolute atomic E-state index is 0.0107. The van der Waals surface area contributed by atoms with Crippen LogP contribution in [0.4, 0.5) is 4.79 Å². The fourth-order valence-corrected chi connectivity index (χ4v) is 6.27. The van der Waals surface area contributed by atoms with Gasteiger partial charge in [0.1, 0.15) is 5.54 Å². The van der Waals surface area contributed by atoms with Crippen LogP contribution in [0.25, 0.3) is 0 Å². The van der Waals surface area contributed by atoms with Crippen molar-refractivity contribution in [2.75, 3.05) is 6.54 Å². The van der Waals surface area contributed by atoms with Gasteiger partial charge in [-0.15, -0.1) is 6.58 Å². The smallest absolute Gasteiger partial charge is 0.318 e. The summed E-state index contributed by atoms with van der Waals surface area (Å²) in [6.07, 6.45) is 14.7. The predicted molar refractivity (Wildman–Crippen MR) is 149 cm³/mol. The molecular formula is C30H45N5O2. The molecule has 4 rings (SSSR count). The van der Waals surface area contributed by atoms with Crippen LogP contribution in [0.5, 0.6) is 0 Å². The van der Waals surface area contributed by atoms with Crippen molar-refractivity contribution in [1.29, 1.82) is 0 Å². The number of nitrogens with two attached hydrogens (primary N) is 1. The van der Waals surface area contributed by atoms with Gasteiger partial charge in [-0.05, 0) is 49.1 Å². The summed E-state index contributed by atoms with van der Waals surface area (Å²) in [5, 5.41) is 3.06. The SMILES string of the molecule is C=CCCCCC1(CC2CCCCC2)N=C(N)N(Cc2ccc(CN3C[C@H](CCC)NC3=O)cc2)C1=O. The molecule has 0 spiro atoms. The first kappa shape index (κ1) is 27.2. The zero-order valence-corrected chi connectivity index (χ0v) is 22.6. The lowest BCUT2D eigenvalue weighted by Gasteiger charge is -2.32. The number of hydrogen-bond acceptors (Lipinski definition) is 4. The van der Waals surface area contributed by atoms with E-state index < -0.39 is 5.54 Å². The molecule has 3 aliphatic rings. The lowest BCUT2D eigenvalue weighted by atomic mass is 9.77. The number of amides is 3. The number of carbonyl (C=O) groups excluding carboxylic acids is 2. The fourth-order valence-electron chi connectivity index (χ4n) is 6.27. The highest BCUT2D eigenvalue weighted by atomic mass is 16.2. The van der Waals surface area contributed by atoms with Gasteiger partial charge in [0.2, 0.25) is 0 Å². The van der Waals surface area contributed by atoms with E-state index in [1.165, 1.54) is 32.1 Å². The van der Waals surface area contributed by atoms with E-state index in [2.05, 4.69) is 18.8 Å². The third-order valence-corrected chi connectivity index (χ3v) is 8.28. The Balaban J connectivity index is 1.40. The number of urea groups is 1. The van der Waals surface area contributed by atoms with Gasteiger partial charge in [0.05, 0.1) is 6.54 Å². The maximum atomic E-state index is 13.9. The van der Waals surface area contributed by atoms with Crippen LogP contribution < -0.4 is 11.1 Å². The van der Waals surface area contributed by atoms with Gasteiger partial charge in [0.25, 0.3) is 5.91 Å². The molecule has 37 heavy (non-hydrogen) atoms. The Morgan fingerprint density at radius 1 is 1.11 bits per heavy atom. The number of nitrogens with zero attached hydrogens (tertiary/aromatic N) is 3. The number of rotatable bonds is 13. The highest BCUT2D eigenvalue weighted by molar-refractivity contribution is 6.06. The molecule has 2 aliphatic heterocycles. The molecule has 2 heterocycles. The molecule has 1 saturated heterocycles. The van der Waals surface area contributed by atoms with Gasteiger partial charge in [-0.1, -0.05) is 82.2 Å². The summed E-state index contributed by atoms with van der Waals surface area (Å²) in [6.45, 7) is 7.74. The van der Waals surface area contributed by atoms with Crippen molar-refractivity contribution < 1.29 is 9.59 Å². The first-order valence-corrected chi connectivity index (χ1v) is 14.4. The summed E-state index contributed by atoms with van der Waals surface area (Å²) in [4.78, 5) is 34.6. The fraction of sp³-hybridized carbons (Fsp3) is 0.633. The van der Waals surface area contributed by atoms with Crippen LogP contribution in [0.1, 0.15) is 95.1 Å². The molecule has 202 valence electrons. The van der Waals surface area contributed by atoms with Crippen molar-refractivity contribution in [2.45, 2.75) is 109 Å². The summed E-state index contributed by atoms with van der Waals surface area (Å²) in [5.41, 5.74) is 7.79. The van der Waals surface area contributed by atoms with Crippen LogP contribution in [0.15, 0.2) is 41.9 Å². The Bertz CT molecular complexity index is 969. The Hall–Kier alpha value is -2.83. The van der Waals surface area contributed by atoms with Gasteiger partial charge in [-0.25, -0.2) is 9.79 Å². The van der Waals surface area contributed by atoms with E-state index in [0.717, 1.165) is 62.6 Å². The molecule has 1 aliphatic carbocycles. The number of benzene rings is 1. The average molecular weight is 508 g/mol. The molecule has 3 N–H and O–H groups in total. The van der Waals surface area contributed by atoms with Crippen molar-refractivity contribution >= 4 is 17.9 Å². The first-order valence-electron chi connectivity index (χ1n) is 14.4. The van der Waals surface area contributed by atoms with Crippen LogP contribution in [0.2, 0.25) is 0 Å². The van der Waals surface area contributed by atoms with Gasteiger partial charge >= 0.3 is 6.03 Å². The van der Waals surface area contributed by atoms with Crippen molar-refractivity contribution in [3.8, 4) is 0 Å². The summed E-state index contributed by atoms with van der Waals surface area (Å²) in [5.74, 6) is 0.964. The van der Waals surface area contributed by atoms with Crippen LogP contribution in [-0.4, -0.2) is 45.8 Å². The van der Waals surface area contributed by atoms with Crippen molar-refractivity contribution in [3.63, 3.8) is 0 Å². The van der Waals surface area contributed by atoms with E-state index in [-0.39, 0.29) is 18.0 Å². The molecule has 1 saturated carbocycles. The number of unbranched alkanes of at least 4 members (excludes halogenated alkanes) is 2. The lowest BCUT2D eigenvalue weighted by molar-refractivity contribution is -0.132. The maximum absolute atomic E-state index is 13.9. The van der Waals surface area contributed by atoms with Crippen LogP contribution in [-0.2, 0) is 17.9 Å². The Labute approximate surface area is 222 Å². The Morgan fingerprint density at radius 2 is 1.81 bits per heavy atom. The minimum atomic E-state index is -0.717. The second kappa shape index (κ2) is 12.6. The summed E-state index contributed by atoms with van der Waals surface area (Å²) in [6, 6.07) is 8.43. The van der Waals surface area contributed by atoms with Gasteiger partial charge < -0.3 is 16.0 Å². The molecule has 2 atom stereocenters. The molecule has 3 amide bonds. The number of carbonyl (C=O) groups is 2. The van der Waals surface area contributed by atoms with E-state index >= 15 is 0 Å². The zero-order valence-electron chi connectivity index (χ0n) is 22.6. The Morgan fingerprint density at radius 3 is 2.49 bits per heavy atom. The number of nitrogens with one attached hydrogen (secondary N) is 1. The second-order valence-corrected chi connectivity index (χ2v) is 11.3. The standard InChI is InChI=1S/C30H45N5O2/c1-3-5-6-10-18-30(19-23-12-8-7-9-13-23)27(36)35(28(31)33-30)21-25-16-14-24(15-17-25)20-34-22-26(11-4-2)32-29(34)37/h3,14-17,23,26H,1,4-13,18-22H2,2H3,(H2,31,33)(H,32,37)/t26-,30?/m0/s1. The molecule has 1 aromatic rings. The van der Waals surface area contributed by atoms with E-state index in [0.29, 0.717) is 25.0 Å². The normalized spacial score (nSPS) is 24.5. The van der Waals surface area contributed by atoms with Gasteiger partial charge in [0, 0.05) is 19.1 Å². The zero-order chi connectivity index (χ0) is 26.3. The summed E-state index contributed by atoms with van der Waals surface area (Å²) in [7, 11) is 0. The topological polar surface area (TPSA) is 91.0 Å². The third-order valence-electron chi connectivity index (χ3n) is 8.28. The summed E-state index contributed by atoms with van der Waals surface area (Å²) < 4.78 is 0. The van der Waals surface area contributed by atoms with Crippen molar-refractivity contribution in [3.05, 3.63) is 48.0 Å². The Kier molecular flexibility index (Phi) is 9.28. The van der Waals surface area contributed by atoms with E-state index in [9.17, 15) is 9.59 Å². The quantitative estimate of drug-likeness (QED) is 0.273. The molecule has 7 heteroatoms. The lowest BCUT2D eigenvalue weighted by Crippen LogP contribution is -2.45. The number of allylic oxidation sites excluding steroid dienone is 1. The van der Waals surface area contributed by atoms with Gasteiger partial charge in [0.15, 0.2) is 5.96 Å². The molecule has 0 aromatic heterocycles. The molecule has 1 aromatic carbocycles. The molecule has 0 radical (unpaired) electrons. The number of hydrogen-bond donors (Lipinski definition) is 2. The first-order chi connectivity index (χ1) is 17.9. The van der Waals surface area contributed by atoms with E-state index in [1.54, 1.807) is 4.90 Å². The van der Waals surface area contributed by atoms with Crippen LogP contribution in [0, 0.1) is 5.92 Å². The number of guanidine groups is 1. The monoisotopic (exact) mass is 507 g/mol. The van der Waals surface area contributed by atoms with Gasteiger partial charge in [-0.2, -0.15) is 0 Å². The van der Waals surface area contributed by atoms with Crippen LogP contribution >= 0.6 is 0 Å². The molecule has 2 fully saturated rings. The maximum Gasteiger partial charge on any atom is 0.318 e. The highest BCUT2D eigenvalue weighted by Crippen LogP contribution is 2.39. The van der Waals surface area contributed by atoms with Gasteiger partial charge in [-0.3, -0.25) is 9.69 Å². The minimum Gasteiger partial charge on any atom is -0.369 e. The third kappa shape index (κ3) is 6.74. The van der Waals surface area contributed by atoms with E-state index in [4.69, 9.17) is 10.7 Å². The predicted octanol–water partition coefficient (Wildman–Crippen LogP) is 5.49. The summed E-state index contributed by atoms with van der Waals surface area (Å²) >= 11 is 0. The molecule has 1 unspecified atom stereocenters. The van der Waals surface area contributed by atoms with Crippen LogP contribution in [0.3, 0.4) is 0 Å². The average Bonchev–Trinajstić information content (AvgIpc) is 3.35. The molecule has 7 nitrogen and oxygen atoms in total. The van der Waals surface area contributed by atoms with E-state index in [1.807, 2.05) is 35.2 Å².